The lowest BCUT2D eigenvalue weighted by molar-refractivity contribution is -0.130. The number of hydrogen-bond acceptors (Lipinski definition) is 3. The predicted octanol–water partition coefficient (Wildman–Crippen LogP) is 1.05. The minimum atomic E-state index is -0.445. The zero-order valence-electron chi connectivity index (χ0n) is 12.5. The smallest absolute Gasteiger partial charge is 0.225 e. The largest absolute Gasteiger partial charge is 0.391 e. The van der Waals surface area contributed by atoms with Gasteiger partial charge in [0.25, 0.3) is 0 Å². The van der Waals surface area contributed by atoms with E-state index in [0.29, 0.717) is 13.0 Å². The van der Waals surface area contributed by atoms with Crippen molar-refractivity contribution in [1.82, 2.24) is 10.2 Å². The van der Waals surface area contributed by atoms with Crippen molar-refractivity contribution in [2.24, 2.45) is 5.92 Å². The maximum Gasteiger partial charge on any atom is 0.225 e. The molecule has 5 nitrogen and oxygen atoms in total. The summed E-state index contributed by atoms with van der Waals surface area (Å²) in [6.45, 7) is 4.44. The highest BCUT2D eigenvalue weighted by Gasteiger charge is 2.36. The molecule has 0 aromatic carbocycles. The summed E-state index contributed by atoms with van der Waals surface area (Å²) in [7, 11) is 0. The summed E-state index contributed by atoms with van der Waals surface area (Å²) in [6, 6.07) is -0.00280. The third-order valence-electron chi connectivity index (χ3n) is 4.46. The lowest BCUT2D eigenvalue weighted by atomic mass is 10.0. The molecular formula is C15H26N2O3. The minimum absolute atomic E-state index is 0.0570. The lowest BCUT2D eigenvalue weighted by Gasteiger charge is -2.24. The van der Waals surface area contributed by atoms with E-state index in [4.69, 9.17) is 0 Å². The highest BCUT2D eigenvalue weighted by molar-refractivity contribution is 5.89. The maximum absolute atomic E-state index is 12.3. The molecule has 0 aromatic rings. The van der Waals surface area contributed by atoms with Crippen molar-refractivity contribution < 1.29 is 14.7 Å². The Balaban J connectivity index is 1.90. The van der Waals surface area contributed by atoms with E-state index in [0.717, 1.165) is 32.1 Å². The molecule has 0 spiro atoms. The second-order valence-corrected chi connectivity index (χ2v) is 6.36. The number of hydrogen-bond donors (Lipinski definition) is 2. The maximum atomic E-state index is 12.3. The summed E-state index contributed by atoms with van der Waals surface area (Å²) in [5, 5.41) is 13.0. The van der Waals surface area contributed by atoms with E-state index in [9.17, 15) is 14.7 Å². The van der Waals surface area contributed by atoms with Gasteiger partial charge in [0, 0.05) is 19.0 Å². The van der Waals surface area contributed by atoms with Gasteiger partial charge in [0.15, 0.2) is 0 Å². The van der Waals surface area contributed by atoms with Gasteiger partial charge in [-0.3, -0.25) is 9.59 Å². The van der Waals surface area contributed by atoms with Crippen LogP contribution in [-0.2, 0) is 9.59 Å². The second-order valence-electron chi connectivity index (χ2n) is 6.36. The van der Waals surface area contributed by atoms with Crippen LogP contribution in [0.15, 0.2) is 0 Å². The average Bonchev–Trinajstić information content (AvgIpc) is 2.68. The Bertz CT molecular complexity index is 370. The molecular weight excluding hydrogens is 256 g/mol. The molecule has 1 aliphatic heterocycles. The van der Waals surface area contributed by atoms with E-state index in [1.165, 1.54) is 0 Å². The Kier molecular flexibility index (Phi) is 5.02. The fourth-order valence-electron chi connectivity index (χ4n) is 3.16. The number of likely N-dealkylation sites (tertiary alicyclic amines) is 1. The monoisotopic (exact) mass is 282 g/mol. The molecule has 0 aromatic heterocycles. The van der Waals surface area contributed by atoms with Crippen LogP contribution in [0.2, 0.25) is 0 Å². The molecule has 2 amide bonds. The van der Waals surface area contributed by atoms with Gasteiger partial charge in [-0.05, 0) is 26.7 Å². The second kappa shape index (κ2) is 6.57. The molecule has 5 heteroatoms. The van der Waals surface area contributed by atoms with E-state index >= 15 is 0 Å². The van der Waals surface area contributed by atoms with Gasteiger partial charge in [-0.25, -0.2) is 0 Å². The van der Waals surface area contributed by atoms with E-state index in [1.54, 1.807) is 4.90 Å². The minimum Gasteiger partial charge on any atom is -0.391 e. The van der Waals surface area contributed by atoms with Crippen LogP contribution in [0.5, 0.6) is 0 Å². The number of aliphatic hydroxyl groups excluding tert-OH is 1. The van der Waals surface area contributed by atoms with Crippen LogP contribution in [0.25, 0.3) is 0 Å². The number of nitrogens with one attached hydrogen (secondary N) is 1. The molecule has 2 rings (SSSR count). The van der Waals surface area contributed by atoms with Crippen LogP contribution in [0.1, 0.15) is 52.4 Å². The molecule has 2 aliphatic rings. The van der Waals surface area contributed by atoms with Crippen molar-refractivity contribution in [3.63, 3.8) is 0 Å². The molecule has 2 N–H and O–H groups in total. The van der Waals surface area contributed by atoms with Crippen molar-refractivity contribution in [3.8, 4) is 0 Å². The van der Waals surface area contributed by atoms with Crippen LogP contribution >= 0.6 is 0 Å². The van der Waals surface area contributed by atoms with Crippen LogP contribution < -0.4 is 5.32 Å². The summed E-state index contributed by atoms with van der Waals surface area (Å²) >= 11 is 0. The first kappa shape index (κ1) is 15.3. The highest BCUT2D eigenvalue weighted by Crippen LogP contribution is 2.22. The average molecular weight is 282 g/mol. The first-order valence-corrected chi connectivity index (χ1v) is 7.77. The van der Waals surface area contributed by atoms with Gasteiger partial charge in [0.2, 0.25) is 11.8 Å². The van der Waals surface area contributed by atoms with Crippen molar-refractivity contribution >= 4 is 11.8 Å². The van der Waals surface area contributed by atoms with E-state index in [-0.39, 0.29) is 29.8 Å². The number of carbonyl (C=O) groups is 2. The van der Waals surface area contributed by atoms with Gasteiger partial charge in [-0.2, -0.15) is 0 Å². The Morgan fingerprint density at radius 3 is 2.65 bits per heavy atom. The Labute approximate surface area is 120 Å². The van der Waals surface area contributed by atoms with Crippen molar-refractivity contribution in [1.29, 1.82) is 0 Å². The number of carbonyl (C=O) groups excluding carboxylic acids is 2. The fourth-order valence-corrected chi connectivity index (χ4v) is 3.16. The van der Waals surface area contributed by atoms with Crippen molar-refractivity contribution in [3.05, 3.63) is 0 Å². The SMILES string of the molecule is CC(C)N1CC(C(=O)NC2CCCCCC2O)CC1=O. The van der Waals surface area contributed by atoms with Gasteiger partial charge >= 0.3 is 0 Å². The molecule has 3 unspecified atom stereocenters. The molecule has 1 saturated carbocycles. The summed E-state index contributed by atoms with van der Waals surface area (Å²) in [6.07, 6.45) is 4.63. The molecule has 1 saturated heterocycles. The molecule has 0 bridgehead atoms. The third-order valence-corrected chi connectivity index (χ3v) is 4.46. The Hall–Kier alpha value is -1.10. The van der Waals surface area contributed by atoms with Crippen molar-refractivity contribution in [2.45, 2.75) is 70.6 Å². The van der Waals surface area contributed by atoms with E-state index < -0.39 is 6.10 Å². The number of amides is 2. The quantitative estimate of drug-likeness (QED) is 0.760. The first-order chi connectivity index (χ1) is 9.49. The summed E-state index contributed by atoms with van der Waals surface area (Å²) in [5.41, 5.74) is 0. The van der Waals surface area contributed by atoms with Crippen LogP contribution in [-0.4, -0.2) is 46.6 Å². The molecule has 1 aliphatic carbocycles. The van der Waals surface area contributed by atoms with Gasteiger partial charge in [-0.1, -0.05) is 19.3 Å². The van der Waals surface area contributed by atoms with Crippen LogP contribution in [0.4, 0.5) is 0 Å². The zero-order valence-corrected chi connectivity index (χ0v) is 12.5. The standard InChI is InChI=1S/C15H26N2O3/c1-10(2)17-9-11(8-14(17)19)15(20)16-12-6-4-3-5-7-13(12)18/h10-13,18H,3-9H2,1-2H3,(H,16,20). The number of rotatable bonds is 3. The predicted molar refractivity (Wildman–Crippen MR) is 76.0 cm³/mol. The molecule has 20 heavy (non-hydrogen) atoms. The highest BCUT2D eigenvalue weighted by atomic mass is 16.3. The molecule has 1 heterocycles. The van der Waals surface area contributed by atoms with Gasteiger partial charge in [0.1, 0.15) is 0 Å². The van der Waals surface area contributed by atoms with Gasteiger partial charge in [0.05, 0.1) is 18.1 Å². The molecule has 114 valence electrons. The third kappa shape index (κ3) is 3.51. The van der Waals surface area contributed by atoms with E-state index in [1.807, 2.05) is 13.8 Å². The number of aliphatic hydroxyl groups is 1. The summed E-state index contributed by atoms with van der Waals surface area (Å²) in [4.78, 5) is 25.9. The zero-order chi connectivity index (χ0) is 14.7. The Morgan fingerprint density at radius 2 is 2.00 bits per heavy atom. The van der Waals surface area contributed by atoms with Crippen molar-refractivity contribution in [2.75, 3.05) is 6.54 Å². The molecule has 2 fully saturated rings. The van der Waals surface area contributed by atoms with Gasteiger partial charge < -0.3 is 15.3 Å². The number of nitrogens with zero attached hydrogens (tertiary/aromatic N) is 1. The molecule has 0 radical (unpaired) electrons. The summed E-state index contributed by atoms with van der Waals surface area (Å²) < 4.78 is 0. The fraction of sp³-hybridized carbons (Fsp3) is 0.867. The van der Waals surface area contributed by atoms with E-state index in [2.05, 4.69) is 5.32 Å². The normalized spacial score (nSPS) is 31.5. The van der Waals surface area contributed by atoms with Crippen LogP contribution in [0, 0.1) is 5.92 Å². The first-order valence-electron chi connectivity index (χ1n) is 7.77. The van der Waals surface area contributed by atoms with Gasteiger partial charge in [-0.15, -0.1) is 0 Å². The summed E-state index contributed by atoms with van der Waals surface area (Å²) in [5.74, 6) is -0.283. The Morgan fingerprint density at radius 1 is 1.30 bits per heavy atom. The molecule has 3 atom stereocenters. The topological polar surface area (TPSA) is 69.6 Å². The van der Waals surface area contributed by atoms with Crippen LogP contribution in [0.3, 0.4) is 0 Å². The lowest BCUT2D eigenvalue weighted by Crippen LogP contribution is -2.45.